The van der Waals surface area contributed by atoms with Gasteiger partial charge in [-0.25, -0.2) is 9.78 Å². The number of nitrogens with two attached hydrogens (primary N) is 1. The third-order valence-electron chi connectivity index (χ3n) is 5.56. The van der Waals surface area contributed by atoms with Gasteiger partial charge in [0, 0.05) is 23.4 Å². The first-order valence-corrected chi connectivity index (χ1v) is 13.2. The maximum atomic E-state index is 13.6. The molecule has 0 radical (unpaired) electrons. The lowest BCUT2D eigenvalue weighted by molar-refractivity contribution is -0.174. The van der Waals surface area contributed by atoms with E-state index in [0.717, 1.165) is 46.5 Å². The van der Waals surface area contributed by atoms with Crippen LogP contribution in [0.1, 0.15) is 25.2 Å². The number of oxime groups is 1. The fraction of sp³-hybridized carbons (Fsp3) is 0.300. The molecule has 37 heavy (non-hydrogen) atoms. The molecule has 3 atom stereocenters. The summed E-state index contributed by atoms with van der Waals surface area (Å²) < 4.78 is 9.02. The summed E-state index contributed by atoms with van der Waals surface area (Å²) in [6.45, 7) is 2.54. The summed E-state index contributed by atoms with van der Waals surface area (Å²) in [6.07, 6.45) is 1.91. The van der Waals surface area contributed by atoms with Crippen molar-refractivity contribution in [1.82, 2.24) is 24.8 Å². The van der Waals surface area contributed by atoms with Gasteiger partial charge in [-0.1, -0.05) is 15.7 Å². The summed E-state index contributed by atoms with van der Waals surface area (Å²) in [5.41, 5.74) is 3.76. The number of carboxylic acid groups (broad SMARTS) is 1. The highest BCUT2D eigenvalue weighted by atomic mass is 32.2. The van der Waals surface area contributed by atoms with Crippen molar-refractivity contribution in [3.63, 3.8) is 0 Å². The van der Waals surface area contributed by atoms with Gasteiger partial charge in [-0.15, -0.1) is 28.2 Å². The lowest BCUT2D eigenvalue weighted by Gasteiger charge is -2.58. The highest BCUT2D eigenvalue weighted by molar-refractivity contribution is 8.00. The smallest absolute Gasteiger partial charge is 0.352 e. The number of aromatic nitrogens is 3. The maximum Gasteiger partial charge on any atom is 0.352 e. The van der Waals surface area contributed by atoms with E-state index in [4.69, 9.17) is 10.5 Å². The van der Waals surface area contributed by atoms with Gasteiger partial charge in [0.05, 0.1) is 5.69 Å². The van der Waals surface area contributed by atoms with Crippen molar-refractivity contribution in [1.29, 1.82) is 0 Å². The minimum Gasteiger partial charge on any atom is -0.477 e. The normalized spacial score (nSPS) is 22.4. The molecule has 17 heteroatoms. The summed E-state index contributed by atoms with van der Waals surface area (Å²) in [4.78, 5) is 55.7. The molecule has 0 bridgehead atoms. The Morgan fingerprint density at radius 2 is 2.14 bits per heavy atom. The van der Waals surface area contributed by atoms with Gasteiger partial charge in [0.25, 0.3) is 11.8 Å². The van der Waals surface area contributed by atoms with Crippen molar-refractivity contribution in [3.8, 4) is 0 Å². The fourth-order valence-corrected chi connectivity index (χ4v) is 6.46. The Balaban J connectivity index is 1.71. The molecule has 2 aliphatic heterocycles. The molecule has 1 fully saturated rings. The molecule has 2 aromatic rings. The van der Waals surface area contributed by atoms with E-state index in [1.54, 1.807) is 11.5 Å². The second-order valence-electron chi connectivity index (χ2n) is 7.78. The van der Waals surface area contributed by atoms with E-state index >= 15 is 0 Å². The van der Waals surface area contributed by atoms with Gasteiger partial charge in [-0.3, -0.25) is 19.3 Å². The Labute approximate surface area is 221 Å². The van der Waals surface area contributed by atoms with E-state index in [0.29, 0.717) is 11.3 Å². The van der Waals surface area contributed by atoms with Crippen LogP contribution in [0.5, 0.6) is 0 Å². The first-order valence-electron chi connectivity index (χ1n) is 10.4. The number of hydrogen-bond acceptors (Lipinski definition) is 14. The summed E-state index contributed by atoms with van der Waals surface area (Å²) in [7, 11) is 0. The molecule has 2 unspecified atom stereocenters. The number of anilines is 1. The second kappa shape index (κ2) is 10.3. The number of ether oxygens (including phenoxy) is 1. The van der Waals surface area contributed by atoms with Crippen LogP contribution < -0.4 is 11.1 Å². The number of rotatable bonds is 8. The number of thioether (sulfide) groups is 1. The largest absolute Gasteiger partial charge is 0.477 e. The topological polar surface area (TPSA) is 210 Å². The minimum atomic E-state index is -1.86. The van der Waals surface area contributed by atoms with Crippen LogP contribution in [0.25, 0.3) is 6.08 Å². The molecule has 5 N–H and O–H groups in total. The third-order valence-corrected chi connectivity index (χ3v) is 8.13. The van der Waals surface area contributed by atoms with E-state index in [1.807, 2.05) is 0 Å². The van der Waals surface area contributed by atoms with Crippen LogP contribution in [0, 0.1) is 0 Å². The predicted molar refractivity (Wildman–Crippen MR) is 134 cm³/mol. The molecule has 4 rings (SSSR count). The van der Waals surface area contributed by atoms with Gasteiger partial charge >= 0.3 is 11.9 Å². The zero-order chi connectivity index (χ0) is 26.9. The van der Waals surface area contributed by atoms with Gasteiger partial charge in [-0.05, 0) is 30.1 Å². The number of amides is 2. The Morgan fingerprint density at radius 3 is 2.70 bits per heavy atom. The average Bonchev–Trinajstić information content (AvgIpc) is 3.52. The number of aliphatic carboxylic acids is 1. The summed E-state index contributed by atoms with van der Waals surface area (Å²) in [5.74, 6) is -3.74. The lowest BCUT2D eigenvalue weighted by Crippen LogP contribution is -2.84. The molecule has 0 aromatic carbocycles. The highest BCUT2D eigenvalue weighted by Gasteiger charge is 2.69. The van der Waals surface area contributed by atoms with Crippen LogP contribution in [0.4, 0.5) is 5.13 Å². The minimum absolute atomic E-state index is 0.0345. The molecule has 4 heterocycles. The standard InChI is InChI=1S/C20H19N7O7S3/c1-8(34-9(2)28)20(23-15(29)13(25-33)12-7-36-19(21)22-12)17(32)27-14(16(30)31)10(5-35-18(20)27)3-4-11-6-37-26-24-11/h3-4,6-8,18,33H,5H2,1-2H3,(H2,21,22)(H,23,29)(H,30,31)/b4-3+,25-13-/t8?,18-,20?/m0/s1. The van der Waals surface area contributed by atoms with Crippen LogP contribution in [0.2, 0.25) is 0 Å². The number of allylic oxidation sites excluding steroid dienone is 1. The zero-order valence-corrected chi connectivity index (χ0v) is 21.6. The number of hydrogen-bond donors (Lipinski definition) is 4. The SMILES string of the molecule is CC(=O)OC(C)C1(NC(=O)/C(=N\O)c2csc(N)n2)C(=O)N2C(C(=O)O)=C(/C=C/c3csnn3)CS[C@H]21. The van der Waals surface area contributed by atoms with Crippen LogP contribution >= 0.6 is 34.6 Å². The summed E-state index contributed by atoms with van der Waals surface area (Å²) >= 11 is 3.30. The van der Waals surface area contributed by atoms with Crippen LogP contribution in [0.15, 0.2) is 33.3 Å². The molecule has 2 aliphatic rings. The van der Waals surface area contributed by atoms with Crippen molar-refractivity contribution in [2.75, 3.05) is 11.5 Å². The molecule has 0 spiro atoms. The first-order chi connectivity index (χ1) is 17.6. The first kappa shape index (κ1) is 26.2. The number of nitrogen functional groups attached to an aromatic ring is 1. The molecule has 1 saturated heterocycles. The molecule has 0 aliphatic carbocycles. The molecule has 14 nitrogen and oxygen atoms in total. The van der Waals surface area contributed by atoms with E-state index < -0.39 is 46.5 Å². The quantitative estimate of drug-likeness (QED) is 0.114. The number of thiazole rings is 1. The van der Waals surface area contributed by atoms with Crippen LogP contribution in [-0.2, 0) is 23.9 Å². The maximum absolute atomic E-state index is 13.6. The third kappa shape index (κ3) is 4.67. The van der Waals surface area contributed by atoms with E-state index in [-0.39, 0.29) is 22.3 Å². The number of carboxylic acids is 1. The monoisotopic (exact) mass is 565 g/mol. The van der Waals surface area contributed by atoms with E-state index in [2.05, 4.69) is 25.0 Å². The Hall–Kier alpha value is -3.83. The van der Waals surface area contributed by atoms with Gasteiger partial charge in [0.15, 0.2) is 16.4 Å². The number of β-lactam (4-membered cyclic amide) rings is 1. The number of carbonyl (C=O) groups is 4. The fourth-order valence-electron chi connectivity index (χ4n) is 3.95. The zero-order valence-electron chi connectivity index (χ0n) is 19.1. The van der Waals surface area contributed by atoms with Crippen molar-refractivity contribution >= 4 is 75.3 Å². The van der Waals surface area contributed by atoms with Crippen molar-refractivity contribution in [2.45, 2.75) is 30.9 Å². The molecule has 194 valence electrons. The average molecular weight is 566 g/mol. The van der Waals surface area contributed by atoms with E-state index in [9.17, 15) is 29.5 Å². The van der Waals surface area contributed by atoms with Crippen molar-refractivity contribution < 1.29 is 34.2 Å². The predicted octanol–water partition coefficient (Wildman–Crippen LogP) is 0.529. The lowest BCUT2D eigenvalue weighted by atomic mass is 9.81. The number of carbonyl (C=O) groups excluding carboxylic acids is 3. The Bertz CT molecular complexity index is 1350. The summed E-state index contributed by atoms with van der Waals surface area (Å²) in [6, 6.07) is 0. The Morgan fingerprint density at radius 1 is 1.38 bits per heavy atom. The highest BCUT2D eigenvalue weighted by Crippen LogP contribution is 2.48. The number of fused-ring (bicyclic) bond motifs is 1. The Kier molecular flexibility index (Phi) is 7.28. The molecule has 2 amide bonds. The van der Waals surface area contributed by atoms with Gasteiger partial charge < -0.3 is 26.1 Å². The van der Waals surface area contributed by atoms with Crippen molar-refractivity contribution in [2.24, 2.45) is 5.16 Å². The number of esters is 1. The molecule has 0 saturated carbocycles. The number of nitrogens with one attached hydrogen (secondary N) is 1. The van der Waals surface area contributed by atoms with Crippen molar-refractivity contribution in [3.05, 3.63) is 39.5 Å². The van der Waals surface area contributed by atoms with Crippen LogP contribution in [0.3, 0.4) is 0 Å². The molecular weight excluding hydrogens is 546 g/mol. The second-order valence-corrected chi connectivity index (χ2v) is 10.3. The van der Waals surface area contributed by atoms with Gasteiger partial charge in [0.1, 0.15) is 22.9 Å². The molecule has 2 aromatic heterocycles. The molecular formula is C20H19N7O7S3. The number of nitrogens with zero attached hydrogens (tertiary/aromatic N) is 5. The van der Waals surface area contributed by atoms with E-state index in [1.165, 1.54) is 18.4 Å². The summed E-state index contributed by atoms with van der Waals surface area (Å²) in [5, 5.41) is 31.1. The van der Waals surface area contributed by atoms with Crippen LogP contribution in [-0.4, -0.2) is 82.0 Å². The van der Waals surface area contributed by atoms with Gasteiger partial charge in [-0.2, -0.15) is 0 Å². The van der Waals surface area contributed by atoms with Gasteiger partial charge in [0.2, 0.25) is 0 Å².